The number of hydrogen-bond donors (Lipinski definition) is 0. The molecule has 0 aliphatic rings. The lowest BCUT2D eigenvalue weighted by Gasteiger charge is -2.10. The molecule has 0 atom stereocenters. The Hall–Kier alpha value is -13.1. The molecule has 0 unspecified atom stereocenters. The van der Waals surface area contributed by atoms with Gasteiger partial charge in [0.25, 0.3) is 0 Å². The fourth-order valence-corrected chi connectivity index (χ4v) is 13.1. The van der Waals surface area contributed by atoms with E-state index in [1.165, 1.54) is 248 Å². The third-order valence-electron chi connectivity index (χ3n) is 20.2. The number of benzene rings is 10. The van der Waals surface area contributed by atoms with E-state index in [4.69, 9.17) is 56.8 Å². The van der Waals surface area contributed by atoms with E-state index in [2.05, 4.69) is 13.8 Å². The van der Waals surface area contributed by atoms with Crippen molar-refractivity contribution in [2.45, 2.75) is 187 Å². The average molecular weight is 1710 g/mol. The molecule has 0 aliphatic heterocycles. The van der Waals surface area contributed by atoms with Crippen LogP contribution in [0, 0.1) is 23.3 Å². The largest absolute Gasteiger partial charge is 0.494 e. The molecule has 0 saturated carbocycles. The van der Waals surface area contributed by atoms with Crippen molar-refractivity contribution in [2.75, 3.05) is 26.4 Å². The van der Waals surface area contributed by atoms with E-state index in [0.29, 0.717) is 37.9 Å². The fourth-order valence-electron chi connectivity index (χ4n) is 13.1. The van der Waals surface area contributed by atoms with Gasteiger partial charge in [0.2, 0.25) is 0 Å². The molecule has 10 aromatic carbocycles. The minimum atomic E-state index is -1.04. The molecule has 10 rings (SSSR count). The second-order valence-corrected chi connectivity index (χ2v) is 30.0. The van der Waals surface area contributed by atoms with Gasteiger partial charge in [-0.25, -0.2) is 55.9 Å². The van der Waals surface area contributed by atoms with Crippen LogP contribution in [-0.2, 0) is 0 Å². The molecule has 0 amide bonds. The van der Waals surface area contributed by atoms with Gasteiger partial charge in [0.15, 0.2) is 23.1 Å². The predicted octanol–water partition coefficient (Wildman–Crippen LogP) is 24.8. The van der Waals surface area contributed by atoms with Gasteiger partial charge in [-0.15, -0.1) is 0 Å². The molecule has 0 saturated heterocycles. The lowest BCUT2D eigenvalue weighted by Crippen LogP contribution is -2.12. The number of hydrogen-bond acceptors (Lipinski definition) is 20. The van der Waals surface area contributed by atoms with Crippen LogP contribution in [0.2, 0.25) is 0 Å². The van der Waals surface area contributed by atoms with Crippen molar-refractivity contribution < 1.29 is 113 Å². The Labute approximate surface area is 725 Å². The Bertz CT molecular complexity index is 4820. The van der Waals surface area contributed by atoms with Crippen LogP contribution in [0.5, 0.6) is 69.0 Å². The van der Waals surface area contributed by atoms with Crippen LogP contribution >= 0.6 is 0 Å². The Kier molecular flexibility index (Phi) is 38.5. The molecule has 0 radical (unpaired) electrons. The zero-order valence-corrected chi connectivity index (χ0v) is 70.4. The quantitative estimate of drug-likeness (QED) is 0.0149. The summed E-state index contributed by atoms with van der Waals surface area (Å²) in [5.41, 5.74) is -0.311. The van der Waals surface area contributed by atoms with E-state index in [-0.39, 0.29) is 90.9 Å². The Morgan fingerprint density at radius 3 is 0.648 bits per heavy atom. The Morgan fingerprint density at radius 1 is 0.192 bits per heavy atom. The van der Waals surface area contributed by atoms with E-state index in [0.717, 1.165) is 120 Å². The lowest BCUT2D eigenvalue weighted by molar-refractivity contribution is 0.0712. The summed E-state index contributed by atoms with van der Waals surface area (Å²) < 4.78 is 126. The van der Waals surface area contributed by atoms with Crippen LogP contribution in [0.4, 0.5) is 17.6 Å². The third kappa shape index (κ3) is 31.9. The zero-order chi connectivity index (χ0) is 88.3. The van der Waals surface area contributed by atoms with Crippen molar-refractivity contribution in [3.05, 3.63) is 286 Å². The van der Waals surface area contributed by atoms with Gasteiger partial charge >= 0.3 is 47.8 Å². The lowest BCUT2D eigenvalue weighted by atomic mass is 10.1. The fraction of sp³-hybridized carbons (Fsp3) is 0.327. The van der Waals surface area contributed by atoms with Gasteiger partial charge < -0.3 is 56.8 Å². The smallest absolute Gasteiger partial charge is 0.346 e. The molecule has 0 heterocycles. The topological polar surface area (TPSA) is 247 Å². The molecule has 656 valence electrons. The van der Waals surface area contributed by atoms with E-state index in [1.807, 2.05) is 0 Å². The third-order valence-corrected chi connectivity index (χ3v) is 20.2. The second kappa shape index (κ2) is 51.1. The first-order valence-electron chi connectivity index (χ1n) is 42.9. The number of halogens is 4. The maximum Gasteiger partial charge on any atom is 0.346 e. The number of carbonyl (C=O) groups excluding carboxylic acids is 8. The van der Waals surface area contributed by atoms with Crippen LogP contribution < -0.4 is 56.8 Å². The molecule has 20 nitrogen and oxygen atoms in total. The highest BCUT2D eigenvalue weighted by molar-refractivity contribution is 5.96. The molecule has 0 bridgehead atoms. The molecule has 10 aromatic rings. The average Bonchev–Trinajstić information content (AvgIpc) is 0.850. The molecule has 0 spiro atoms. The highest BCUT2D eigenvalue weighted by Crippen LogP contribution is 2.30. The molecule has 0 aliphatic carbocycles. The molecule has 0 aromatic heterocycles. The van der Waals surface area contributed by atoms with Crippen molar-refractivity contribution in [2.24, 2.45) is 0 Å². The highest BCUT2D eigenvalue weighted by atomic mass is 19.1. The van der Waals surface area contributed by atoms with E-state index in [1.54, 1.807) is 24.3 Å². The molecule has 125 heavy (non-hydrogen) atoms. The summed E-state index contributed by atoms with van der Waals surface area (Å²) in [7, 11) is 0. The standard InChI is InChI=1S/C101H104F4O20/c1-3-5-7-9-11-13-15-18-24-28-64-116-92-60-38-74(66-90(92)104)98(110)120-78-44-34-72(35-45-78)94(106)118-80-48-52-82(53-49-80)122-100(112)86-58-56-84(68-88(86)102)124-96(108)70-30-40-76(41-31-70)114-62-26-22-20-17-21-23-27-63-115-77-42-32-71(33-43-77)97(109)125-85-57-59-87(89(103)69-85)101(113)123-83-54-50-81(51-55-83)119-95(107)73-36-46-79(47-37-73)121-99(111)75-39-61-93(91(105)67-75)117-65-29-25-19-16-14-12-10-8-6-4-2/h30-61,66-69H,3-29,62-65H2,1-2H3. The van der Waals surface area contributed by atoms with Gasteiger partial charge in [-0.05, 0) is 232 Å². The van der Waals surface area contributed by atoms with Gasteiger partial charge in [-0.3, -0.25) is 0 Å². The normalized spacial score (nSPS) is 10.9. The zero-order valence-electron chi connectivity index (χ0n) is 70.4. The summed E-state index contributed by atoms with van der Waals surface area (Å²) >= 11 is 0. The molecule has 0 N–H and O–H groups in total. The SMILES string of the molecule is CCCCCCCCCCCCOc1ccc(C(=O)Oc2ccc(C(=O)Oc3ccc(OC(=O)c4ccc(OC(=O)c5ccc(OCCCCCCCCCOc6ccc(C(=O)Oc7ccc(C(=O)Oc8ccc(OC(=O)c9ccc(OC(=O)c%10ccc(OCCCCCCCCCCCC)c(F)c%10)cc9)cc8)c(F)c7)cc6)cc5)cc4F)cc3)cc2)cc1F. The van der Waals surface area contributed by atoms with Gasteiger partial charge in [-0.1, -0.05) is 162 Å². The van der Waals surface area contributed by atoms with Crippen LogP contribution in [-0.4, -0.2) is 74.2 Å². The van der Waals surface area contributed by atoms with Gasteiger partial charge in [0.05, 0.1) is 70.9 Å². The van der Waals surface area contributed by atoms with Crippen LogP contribution in [0.1, 0.15) is 270 Å². The van der Waals surface area contributed by atoms with Crippen molar-refractivity contribution in [1.29, 1.82) is 0 Å². The van der Waals surface area contributed by atoms with Crippen molar-refractivity contribution in [3.8, 4) is 69.0 Å². The summed E-state index contributed by atoms with van der Waals surface area (Å²) in [4.78, 5) is 104. The number of ether oxygens (including phenoxy) is 12. The summed E-state index contributed by atoms with van der Waals surface area (Å²) in [5, 5.41) is 0. The van der Waals surface area contributed by atoms with Gasteiger partial charge in [0, 0.05) is 12.1 Å². The van der Waals surface area contributed by atoms with Crippen molar-refractivity contribution in [1.82, 2.24) is 0 Å². The highest BCUT2D eigenvalue weighted by Gasteiger charge is 2.23. The summed E-state index contributed by atoms with van der Waals surface area (Å²) in [6.45, 7) is 6.09. The predicted molar refractivity (Wildman–Crippen MR) is 462 cm³/mol. The van der Waals surface area contributed by atoms with Crippen LogP contribution in [0.3, 0.4) is 0 Å². The summed E-state index contributed by atoms with van der Waals surface area (Å²) in [6, 6.07) is 48.8. The number of unbranched alkanes of at least 4 members (excludes halogenated alkanes) is 24. The summed E-state index contributed by atoms with van der Waals surface area (Å²) in [6.07, 6.45) is 29.9. The van der Waals surface area contributed by atoms with E-state index in [9.17, 15) is 47.1 Å². The van der Waals surface area contributed by atoms with Crippen LogP contribution in [0.25, 0.3) is 0 Å². The van der Waals surface area contributed by atoms with Gasteiger partial charge in [-0.2, -0.15) is 0 Å². The number of esters is 8. The Morgan fingerprint density at radius 2 is 0.392 bits per heavy atom. The molecular formula is C101H104F4O20. The van der Waals surface area contributed by atoms with E-state index < -0.39 is 82.2 Å². The molecular weight excluding hydrogens is 1610 g/mol. The van der Waals surface area contributed by atoms with Gasteiger partial charge in [0.1, 0.15) is 69.1 Å². The first-order chi connectivity index (χ1) is 60.8. The first kappa shape index (κ1) is 94.1. The monoisotopic (exact) mass is 1710 g/mol. The minimum Gasteiger partial charge on any atom is -0.494 e. The molecule has 0 fully saturated rings. The maximum atomic E-state index is 15.3. The first-order valence-corrected chi connectivity index (χ1v) is 42.9. The van der Waals surface area contributed by atoms with E-state index >= 15 is 8.78 Å². The number of rotatable bonds is 52. The molecule has 24 heteroatoms. The van der Waals surface area contributed by atoms with Crippen molar-refractivity contribution >= 4 is 47.8 Å². The minimum absolute atomic E-state index is 0.0126. The Balaban J connectivity index is 0.533. The summed E-state index contributed by atoms with van der Waals surface area (Å²) in [5.74, 6) is -8.76. The van der Waals surface area contributed by atoms with Crippen molar-refractivity contribution in [3.63, 3.8) is 0 Å². The maximum absolute atomic E-state index is 15.3. The number of carbonyl (C=O) groups is 8. The second-order valence-electron chi connectivity index (χ2n) is 30.0. The van der Waals surface area contributed by atoms with Crippen LogP contribution in [0.15, 0.2) is 218 Å².